The fraction of sp³-hybridized carbons (Fsp3) is 0.100. The molecule has 0 spiro atoms. The minimum atomic E-state index is -1.19. The Hall–Kier alpha value is -2.37. The van der Waals surface area contributed by atoms with Gasteiger partial charge < -0.3 is 10.2 Å². The lowest BCUT2D eigenvalue weighted by Gasteiger charge is -2.02. The molecule has 1 rings (SSSR count). The molecule has 0 aliphatic heterocycles. The smallest absolute Gasteiger partial charge is 0.328 e. The average Bonchev–Trinajstić information content (AvgIpc) is 2.15. The number of hydrogen-bond donors (Lipinski definition) is 2. The second-order valence-electron chi connectivity index (χ2n) is 3.13. The zero-order valence-corrected chi connectivity index (χ0v) is 8.38. The Bertz CT molecular complexity index is 478. The van der Waals surface area contributed by atoms with E-state index in [2.05, 4.69) is 0 Å². The van der Waals surface area contributed by atoms with Gasteiger partial charge in [0.05, 0.1) is 4.92 Å². The molecule has 0 fully saturated rings. The number of aromatic hydroxyl groups is 1. The first-order chi connectivity index (χ1) is 7.41. The zero-order chi connectivity index (χ0) is 12.3. The quantitative estimate of drug-likeness (QED) is 0.461. The number of nitro benzene ring substituents is 1. The molecule has 2 N–H and O–H groups in total. The van der Waals surface area contributed by atoms with Crippen molar-refractivity contribution in [2.75, 3.05) is 0 Å². The Balaban J connectivity index is 3.25. The summed E-state index contributed by atoms with van der Waals surface area (Å²) in [6.45, 7) is 1.49. The molecule has 0 unspecified atom stereocenters. The molecule has 84 valence electrons. The van der Waals surface area contributed by atoms with E-state index in [1.165, 1.54) is 13.0 Å². The summed E-state index contributed by atoms with van der Waals surface area (Å²) < 4.78 is 0. The highest BCUT2D eigenvalue weighted by molar-refractivity contribution is 5.86. The van der Waals surface area contributed by atoms with Gasteiger partial charge in [-0.3, -0.25) is 10.1 Å². The van der Waals surface area contributed by atoms with E-state index < -0.39 is 10.9 Å². The van der Waals surface area contributed by atoms with Crippen molar-refractivity contribution in [3.05, 3.63) is 39.4 Å². The first-order valence-corrected chi connectivity index (χ1v) is 4.31. The molecule has 0 aliphatic carbocycles. The summed E-state index contributed by atoms with van der Waals surface area (Å²) in [5, 5.41) is 28.4. The van der Waals surface area contributed by atoms with Crippen LogP contribution in [0.5, 0.6) is 5.75 Å². The molecule has 0 radical (unpaired) electrons. The van der Waals surface area contributed by atoms with E-state index >= 15 is 0 Å². The summed E-state index contributed by atoms with van der Waals surface area (Å²) in [6.07, 6.45) is 1.90. The number of hydrogen-bond acceptors (Lipinski definition) is 4. The number of rotatable bonds is 3. The second-order valence-corrected chi connectivity index (χ2v) is 3.13. The minimum Gasteiger partial charge on any atom is -0.507 e. The van der Waals surface area contributed by atoms with Crippen molar-refractivity contribution in [2.45, 2.75) is 6.92 Å². The second kappa shape index (κ2) is 4.43. The van der Waals surface area contributed by atoms with E-state index in [1.54, 1.807) is 0 Å². The summed E-state index contributed by atoms with van der Waals surface area (Å²) in [5.41, 5.74) is 0.248. The van der Waals surface area contributed by atoms with Gasteiger partial charge in [0.25, 0.3) is 5.69 Å². The van der Waals surface area contributed by atoms with E-state index in [0.29, 0.717) is 5.56 Å². The molecular formula is C10H9NO5. The highest BCUT2D eigenvalue weighted by Crippen LogP contribution is 2.28. The molecule has 0 aliphatic rings. The van der Waals surface area contributed by atoms with E-state index in [-0.39, 0.29) is 17.0 Å². The van der Waals surface area contributed by atoms with Gasteiger partial charge in [0.2, 0.25) is 0 Å². The number of carboxylic acids is 1. The minimum absolute atomic E-state index is 0.0969. The molecule has 6 nitrogen and oxygen atoms in total. The third-order valence-corrected chi connectivity index (χ3v) is 1.95. The lowest BCUT2D eigenvalue weighted by molar-refractivity contribution is -0.385. The molecule has 0 amide bonds. The van der Waals surface area contributed by atoms with Crippen LogP contribution in [0.4, 0.5) is 5.69 Å². The van der Waals surface area contributed by atoms with Crippen molar-refractivity contribution < 1.29 is 19.9 Å². The van der Waals surface area contributed by atoms with Crippen molar-refractivity contribution in [3.63, 3.8) is 0 Å². The summed E-state index contributed by atoms with van der Waals surface area (Å²) in [7, 11) is 0. The fourth-order valence-corrected chi connectivity index (χ4v) is 1.19. The van der Waals surface area contributed by atoms with Crippen LogP contribution in [0.3, 0.4) is 0 Å². The van der Waals surface area contributed by atoms with Crippen molar-refractivity contribution in [1.82, 2.24) is 0 Å². The number of aliphatic carboxylic acids is 1. The maximum absolute atomic E-state index is 10.6. The molecular weight excluding hydrogens is 214 g/mol. The lowest BCUT2D eigenvalue weighted by atomic mass is 10.1. The third kappa shape index (κ3) is 2.57. The summed E-state index contributed by atoms with van der Waals surface area (Å²) >= 11 is 0. The Morgan fingerprint density at radius 2 is 2.12 bits per heavy atom. The number of benzene rings is 1. The van der Waals surface area contributed by atoms with Crippen LogP contribution in [-0.4, -0.2) is 21.1 Å². The van der Waals surface area contributed by atoms with Crippen molar-refractivity contribution in [2.24, 2.45) is 0 Å². The molecule has 0 saturated heterocycles. The van der Waals surface area contributed by atoms with E-state index in [4.69, 9.17) is 5.11 Å². The predicted molar refractivity (Wildman–Crippen MR) is 56.2 cm³/mol. The van der Waals surface area contributed by atoms with Crippen molar-refractivity contribution >= 4 is 17.7 Å². The van der Waals surface area contributed by atoms with Gasteiger partial charge in [0.15, 0.2) is 0 Å². The molecule has 0 heterocycles. The largest absolute Gasteiger partial charge is 0.507 e. The molecule has 1 aromatic carbocycles. The summed E-state index contributed by atoms with van der Waals surface area (Å²) in [4.78, 5) is 20.3. The van der Waals surface area contributed by atoms with Gasteiger partial charge in [-0.2, -0.15) is 0 Å². The number of nitro groups is 1. The van der Waals surface area contributed by atoms with Crippen molar-refractivity contribution in [1.29, 1.82) is 0 Å². The molecule has 0 bridgehead atoms. The molecule has 0 saturated carbocycles. The van der Waals surface area contributed by atoms with Crippen LogP contribution in [0.1, 0.15) is 11.1 Å². The SMILES string of the molecule is Cc1cc(O)c(C=CC(=O)O)cc1[N+](=O)[O-]. The molecule has 0 atom stereocenters. The van der Waals surface area contributed by atoms with Gasteiger partial charge in [-0.05, 0) is 19.1 Å². The van der Waals surface area contributed by atoms with Crippen LogP contribution in [0.2, 0.25) is 0 Å². The Labute approximate surface area is 90.6 Å². The molecule has 16 heavy (non-hydrogen) atoms. The van der Waals surface area contributed by atoms with Crippen LogP contribution in [0.15, 0.2) is 18.2 Å². The maximum atomic E-state index is 10.6. The van der Waals surface area contributed by atoms with E-state index in [0.717, 1.165) is 18.2 Å². The first kappa shape index (κ1) is 11.7. The number of nitrogens with zero attached hydrogens (tertiary/aromatic N) is 1. The van der Waals surface area contributed by atoms with Crippen LogP contribution in [0.25, 0.3) is 6.08 Å². The Morgan fingerprint density at radius 3 is 2.62 bits per heavy atom. The highest BCUT2D eigenvalue weighted by atomic mass is 16.6. The number of phenols is 1. The van der Waals surface area contributed by atoms with E-state index in [1.807, 2.05) is 0 Å². The average molecular weight is 223 g/mol. The normalized spacial score (nSPS) is 10.6. The van der Waals surface area contributed by atoms with Gasteiger partial charge in [0, 0.05) is 23.3 Å². The summed E-state index contributed by atoms with van der Waals surface area (Å²) in [6, 6.07) is 2.35. The van der Waals surface area contributed by atoms with Gasteiger partial charge in [0.1, 0.15) is 5.75 Å². The standard InChI is InChI=1S/C10H9NO5/c1-6-4-9(12)7(2-3-10(13)14)5-8(6)11(15)16/h2-5,12H,1H3,(H,13,14). The number of carbonyl (C=O) groups is 1. The van der Waals surface area contributed by atoms with Crippen LogP contribution in [-0.2, 0) is 4.79 Å². The van der Waals surface area contributed by atoms with E-state index in [9.17, 15) is 20.0 Å². The third-order valence-electron chi connectivity index (χ3n) is 1.95. The van der Waals surface area contributed by atoms with Gasteiger partial charge >= 0.3 is 5.97 Å². The number of aryl methyl sites for hydroxylation is 1. The van der Waals surface area contributed by atoms with Crippen LogP contribution >= 0.6 is 0 Å². The van der Waals surface area contributed by atoms with Gasteiger partial charge in [-0.15, -0.1) is 0 Å². The Morgan fingerprint density at radius 1 is 1.50 bits per heavy atom. The zero-order valence-electron chi connectivity index (χ0n) is 8.38. The maximum Gasteiger partial charge on any atom is 0.328 e. The van der Waals surface area contributed by atoms with Crippen LogP contribution in [0, 0.1) is 17.0 Å². The predicted octanol–water partition coefficient (Wildman–Crippen LogP) is 1.71. The van der Waals surface area contributed by atoms with Crippen LogP contribution < -0.4 is 0 Å². The fourth-order valence-electron chi connectivity index (χ4n) is 1.19. The highest BCUT2D eigenvalue weighted by Gasteiger charge is 2.13. The van der Waals surface area contributed by atoms with Gasteiger partial charge in [-0.25, -0.2) is 4.79 Å². The van der Waals surface area contributed by atoms with Crippen molar-refractivity contribution in [3.8, 4) is 5.75 Å². The first-order valence-electron chi connectivity index (χ1n) is 4.31. The Kier molecular flexibility index (Phi) is 3.24. The molecule has 1 aromatic rings. The molecule has 6 heteroatoms. The monoisotopic (exact) mass is 223 g/mol. The summed E-state index contributed by atoms with van der Waals surface area (Å²) in [5.74, 6) is -1.39. The number of carboxylic acid groups (broad SMARTS) is 1. The number of phenolic OH excluding ortho intramolecular Hbond substituents is 1. The lowest BCUT2D eigenvalue weighted by Crippen LogP contribution is -1.93. The molecule has 0 aromatic heterocycles. The topological polar surface area (TPSA) is 101 Å². The van der Waals surface area contributed by atoms with Gasteiger partial charge in [-0.1, -0.05) is 0 Å².